The molecule has 0 aromatic heterocycles. The minimum absolute atomic E-state index is 0.0831. The van der Waals surface area contributed by atoms with Crippen molar-refractivity contribution >= 4 is 5.97 Å². The Morgan fingerprint density at radius 1 is 1.09 bits per heavy atom. The Bertz CT molecular complexity index is 383. The standard InChI is InChI=1S/C21H34O2/c1-3-5-7-17-9-13-19(14-10-17)21(22)23-20-15-11-18(12-16-20)8-6-4-2/h3,6,8,17-20H,1,4-5,7,9-16H2,2H3/b8-6+/t17-,18-,19-,20-. The van der Waals surface area contributed by atoms with Gasteiger partial charge in [0.1, 0.15) is 6.10 Å². The summed E-state index contributed by atoms with van der Waals surface area (Å²) in [5.41, 5.74) is 0. The summed E-state index contributed by atoms with van der Waals surface area (Å²) in [6.07, 6.45) is 19.1. The molecule has 0 atom stereocenters. The molecule has 2 aliphatic rings. The van der Waals surface area contributed by atoms with Crippen LogP contribution in [0.25, 0.3) is 0 Å². The lowest BCUT2D eigenvalue weighted by molar-refractivity contribution is -0.157. The van der Waals surface area contributed by atoms with E-state index in [0.717, 1.165) is 44.4 Å². The van der Waals surface area contributed by atoms with Crippen LogP contribution < -0.4 is 0 Å². The van der Waals surface area contributed by atoms with Crippen LogP contribution in [0.15, 0.2) is 24.8 Å². The van der Waals surface area contributed by atoms with E-state index in [0.29, 0.717) is 5.92 Å². The second kappa shape index (κ2) is 9.95. The van der Waals surface area contributed by atoms with Crippen molar-refractivity contribution in [3.8, 4) is 0 Å². The first-order chi connectivity index (χ1) is 11.2. The number of allylic oxidation sites excluding steroid dienone is 3. The quantitative estimate of drug-likeness (QED) is 0.436. The van der Waals surface area contributed by atoms with Crippen LogP contribution in [0.4, 0.5) is 0 Å². The molecular formula is C21H34O2. The summed E-state index contributed by atoms with van der Waals surface area (Å²) in [5, 5.41) is 0. The monoisotopic (exact) mass is 318 g/mol. The van der Waals surface area contributed by atoms with Gasteiger partial charge < -0.3 is 4.74 Å². The van der Waals surface area contributed by atoms with E-state index in [9.17, 15) is 4.79 Å². The van der Waals surface area contributed by atoms with Crippen LogP contribution in [-0.2, 0) is 9.53 Å². The van der Waals surface area contributed by atoms with E-state index in [1.165, 1.54) is 32.1 Å². The molecule has 0 heterocycles. The summed E-state index contributed by atoms with van der Waals surface area (Å²) in [6, 6.07) is 0. The number of ether oxygens (including phenoxy) is 1. The SMILES string of the molecule is C=CCC[C@H]1CC[C@H](C(=O)O[C@H]2CC[C@H](/C=C/CC)CC2)CC1. The number of carbonyl (C=O) groups is 1. The van der Waals surface area contributed by atoms with Crippen molar-refractivity contribution < 1.29 is 9.53 Å². The van der Waals surface area contributed by atoms with Crippen LogP contribution in [0.2, 0.25) is 0 Å². The van der Waals surface area contributed by atoms with Gasteiger partial charge in [-0.25, -0.2) is 0 Å². The van der Waals surface area contributed by atoms with Crippen LogP contribution in [0.5, 0.6) is 0 Å². The highest BCUT2D eigenvalue weighted by Crippen LogP contribution is 2.34. The molecule has 2 fully saturated rings. The fourth-order valence-corrected chi connectivity index (χ4v) is 4.03. The lowest BCUT2D eigenvalue weighted by Gasteiger charge is -2.31. The van der Waals surface area contributed by atoms with E-state index in [-0.39, 0.29) is 18.0 Å². The van der Waals surface area contributed by atoms with Crippen molar-refractivity contribution in [2.75, 3.05) is 0 Å². The average molecular weight is 319 g/mol. The first kappa shape index (κ1) is 18.3. The molecule has 0 aromatic rings. The van der Waals surface area contributed by atoms with Crippen LogP contribution >= 0.6 is 0 Å². The fraction of sp³-hybridized carbons (Fsp3) is 0.762. The topological polar surface area (TPSA) is 26.3 Å². The van der Waals surface area contributed by atoms with Gasteiger partial charge in [0.2, 0.25) is 0 Å². The maximum Gasteiger partial charge on any atom is 0.309 e. The van der Waals surface area contributed by atoms with E-state index >= 15 is 0 Å². The smallest absolute Gasteiger partial charge is 0.309 e. The van der Waals surface area contributed by atoms with E-state index in [1.54, 1.807) is 0 Å². The van der Waals surface area contributed by atoms with Gasteiger partial charge in [0.05, 0.1) is 5.92 Å². The zero-order valence-corrected chi connectivity index (χ0v) is 14.8. The normalized spacial score (nSPS) is 31.9. The highest BCUT2D eigenvalue weighted by molar-refractivity contribution is 5.72. The Kier molecular flexibility index (Phi) is 7.91. The molecule has 0 radical (unpaired) electrons. The number of esters is 1. The molecular weight excluding hydrogens is 284 g/mol. The van der Waals surface area contributed by atoms with E-state index < -0.39 is 0 Å². The summed E-state index contributed by atoms with van der Waals surface area (Å²) < 4.78 is 5.82. The third-order valence-corrected chi connectivity index (χ3v) is 5.60. The molecule has 2 saturated carbocycles. The molecule has 2 nitrogen and oxygen atoms in total. The van der Waals surface area contributed by atoms with Gasteiger partial charge in [-0.2, -0.15) is 0 Å². The van der Waals surface area contributed by atoms with E-state index in [4.69, 9.17) is 4.74 Å². The number of rotatable bonds is 7. The van der Waals surface area contributed by atoms with Gasteiger partial charge in [0.25, 0.3) is 0 Å². The average Bonchev–Trinajstić information content (AvgIpc) is 2.59. The van der Waals surface area contributed by atoms with Gasteiger partial charge in [-0.05, 0) is 82.5 Å². The van der Waals surface area contributed by atoms with Gasteiger partial charge in [-0.1, -0.05) is 25.2 Å². The highest BCUT2D eigenvalue weighted by atomic mass is 16.5. The molecule has 2 heteroatoms. The predicted octanol–water partition coefficient (Wildman–Crippen LogP) is 5.83. The van der Waals surface area contributed by atoms with Crippen molar-refractivity contribution in [3.05, 3.63) is 24.8 Å². The number of hydrogen-bond acceptors (Lipinski definition) is 2. The predicted molar refractivity (Wildman–Crippen MR) is 96.1 cm³/mol. The van der Waals surface area contributed by atoms with Crippen molar-refractivity contribution in [2.24, 2.45) is 17.8 Å². The van der Waals surface area contributed by atoms with Crippen LogP contribution in [-0.4, -0.2) is 12.1 Å². The minimum Gasteiger partial charge on any atom is -0.462 e. The summed E-state index contributed by atoms with van der Waals surface area (Å²) in [7, 11) is 0. The van der Waals surface area contributed by atoms with Gasteiger partial charge in [-0.3, -0.25) is 4.79 Å². The third-order valence-electron chi connectivity index (χ3n) is 5.60. The van der Waals surface area contributed by atoms with Crippen molar-refractivity contribution in [3.63, 3.8) is 0 Å². The lowest BCUT2D eigenvalue weighted by Crippen LogP contribution is -2.29. The summed E-state index contributed by atoms with van der Waals surface area (Å²) >= 11 is 0. The lowest BCUT2D eigenvalue weighted by atomic mass is 9.80. The second-order valence-electron chi connectivity index (χ2n) is 7.39. The highest BCUT2D eigenvalue weighted by Gasteiger charge is 2.30. The molecule has 2 rings (SSSR count). The molecule has 130 valence electrons. The zero-order chi connectivity index (χ0) is 16.5. The number of hydrogen-bond donors (Lipinski definition) is 0. The molecule has 0 saturated heterocycles. The molecule has 0 bridgehead atoms. The maximum absolute atomic E-state index is 12.4. The van der Waals surface area contributed by atoms with Crippen LogP contribution in [0, 0.1) is 17.8 Å². The minimum atomic E-state index is 0.0831. The maximum atomic E-state index is 12.4. The van der Waals surface area contributed by atoms with Crippen molar-refractivity contribution in [2.45, 2.75) is 83.7 Å². The van der Waals surface area contributed by atoms with Crippen LogP contribution in [0.1, 0.15) is 77.6 Å². The first-order valence-electron chi connectivity index (χ1n) is 9.71. The third kappa shape index (κ3) is 6.16. The molecule has 0 aliphatic heterocycles. The number of carbonyl (C=O) groups excluding carboxylic acids is 1. The van der Waals surface area contributed by atoms with E-state index in [1.807, 2.05) is 6.08 Å². The molecule has 0 amide bonds. The first-order valence-corrected chi connectivity index (χ1v) is 9.71. The fourth-order valence-electron chi connectivity index (χ4n) is 4.03. The second-order valence-corrected chi connectivity index (χ2v) is 7.39. The largest absolute Gasteiger partial charge is 0.462 e. The summed E-state index contributed by atoms with van der Waals surface area (Å²) in [4.78, 5) is 12.4. The Morgan fingerprint density at radius 2 is 1.78 bits per heavy atom. The summed E-state index contributed by atoms with van der Waals surface area (Å²) in [5.74, 6) is 1.73. The van der Waals surface area contributed by atoms with Crippen molar-refractivity contribution in [1.82, 2.24) is 0 Å². The zero-order valence-electron chi connectivity index (χ0n) is 14.8. The molecule has 0 unspecified atom stereocenters. The Balaban J connectivity index is 1.66. The molecule has 0 N–H and O–H groups in total. The van der Waals surface area contributed by atoms with Crippen molar-refractivity contribution in [1.29, 1.82) is 0 Å². The van der Waals surface area contributed by atoms with E-state index in [2.05, 4.69) is 25.7 Å². The Labute approximate surface area is 142 Å². The van der Waals surface area contributed by atoms with Gasteiger partial charge in [0.15, 0.2) is 0 Å². The van der Waals surface area contributed by atoms with Gasteiger partial charge in [-0.15, -0.1) is 6.58 Å². The Morgan fingerprint density at radius 3 is 2.39 bits per heavy atom. The molecule has 0 spiro atoms. The molecule has 23 heavy (non-hydrogen) atoms. The molecule has 0 aromatic carbocycles. The van der Waals surface area contributed by atoms with Gasteiger partial charge in [0, 0.05) is 0 Å². The van der Waals surface area contributed by atoms with Crippen LogP contribution in [0.3, 0.4) is 0 Å². The van der Waals surface area contributed by atoms with Gasteiger partial charge >= 0.3 is 5.97 Å². The molecule has 2 aliphatic carbocycles. The summed E-state index contributed by atoms with van der Waals surface area (Å²) in [6.45, 7) is 5.97. The Hall–Kier alpha value is -1.05.